The van der Waals surface area contributed by atoms with Crippen LogP contribution in [0.1, 0.15) is 15.9 Å². The van der Waals surface area contributed by atoms with Crippen molar-refractivity contribution in [3.8, 4) is 5.75 Å². The summed E-state index contributed by atoms with van der Waals surface area (Å²) >= 11 is 2.90. The van der Waals surface area contributed by atoms with Gasteiger partial charge in [-0.15, -0.1) is 0 Å². The largest absolute Gasteiger partial charge is 0.488 e. The molecule has 0 aliphatic carbocycles. The van der Waals surface area contributed by atoms with Crippen LogP contribution in [-0.2, 0) is 6.61 Å². The van der Waals surface area contributed by atoms with Gasteiger partial charge in [0.1, 0.15) is 35.4 Å². The average molecular weight is 361 g/mol. The summed E-state index contributed by atoms with van der Waals surface area (Å²) in [6.07, 6.45) is 0. The Kier molecular flexibility index (Phi) is 4.52. The number of benzene rings is 2. The smallest absolute Gasteiger partial charge is 0.339 e. The SMILES string of the molecule is O=C(O)c1ccc(F)cc1OCc1c(F)ccc(Br)c1F. The minimum atomic E-state index is -1.33. The highest BCUT2D eigenvalue weighted by atomic mass is 79.9. The first-order valence-corrected chi connectivity index (χ1v) is 6.47. The van der Waals surface area contributed by atoms with Gasteiger partial charge in [0.05, 0.1) is 10.0 Å². The predicted octanol–water partition coefficient (Wildman–Crippen LogP) is 4.14. The van der Waals surface area contributed by atoms with E-state index in [-0.39, 0.29) is 21.3 Å². The molecule has 0 fully saturated rings. The minimum Gasteiger partial charge on any atom is -0.488 e. The lowest BCUT2D eigenvalue weighted by Crippen LogP contribution is -2.06. The molecule has 0 heterocycles. The third-order valence-corrected chi connectivity index (χ3v) is 3.30. The van der Waals surface area contributed by atoms with Gasteiger partial charge < -0.3 is 9.84 Å². The molecular formula is C14H8BrF3O3. The summed E-state index contributed by atoms with van der Waals surface area (Å²) in [5.74, 6) is -4.06. The molecule has 0 radical (unpaired) electrons. The van der Waals surface area contributed by atoms with Crippen molar-refractivity contribution in [1.82, 2.24) is 0 Å². The molecule has 7 heteroatoms. The first kappa shape index (κ1) is 15.4. The molecule has 0 saturated carbocycles. The molecule has 1 N–H and O–H groups in total. The van der Waals surface area contributed by atoms with Crippen LogP contribution in [0.25, 0.3) is 0 Å². The maximum absolute atomic E-state index is 13.7. The molecule has 0 spiro atoms. The second-order valence-electron chi connectivity index (χ2n) is 4.06. The zero-order valence-corrected chi connectivity index (χ0v) is 12.0. The maximum atomic E-state index is 13.7. The molecule has 0 saturated heterocycles. The van der Waals surface area contributed by atoms with Gasteiger partial charge in [-0.1, -0.05) is 0 Å². The number of carboxylic acid groups (broad SMARTS) is 1. The van der Waals surface area contributed by atoms with Crippen LogP contribution in [0.2, 0.25) is 0 Å². The Morgan fingerprint density at radius 1 is 1.19 bits per heavy atom. The predicted molar refractivity (Wildman–Crippen MR) is 71.7 cm³/mol. The number of hydrogen-bond donors (Lipinski definition) is 1. The molecule has 0 aromatic heterocycles. The van der Waals surface area contributed by atoms with Crippen LogP contribution < -0.4 is 4.74 Å². The van der Waals surface area contributed by atoms with Gasteiger partial charge in [-0.2, -0.15) is 0 Å². The fourth-order valence-electron chi connectivity index (χ4n) is 1.64. The van der Waals surface area contributed by atoms with Crippen LogP contribution in [0.5, 0.6) is 5.75 Å². The van der Waals surface area contributed by atoms with Gasteiger partial charge in [-0.25, -0.2) is 18.0 Å². The van der Waals surface area contributed by atoms with E-state index < -0.39 is 30.0 Å². The highest BCUT2D eigenvalue weighted by molar-refractivity contribution is 9.10. The lowest BCUT2D eigenvalue weighted by Gasteiger charge is -2.11. The second kappa shape index (κ2) is 6.17. The van der Waals surface area contributed by atoms with Gasteiger partial charge in [-0.3, -0.25) is 0 Å². The van der Waals surface area contributed by atoms with Crippen LogP contribution in [0.15, 0.2) is 34.8 Å². The van der Waals surface area contributed by atoms with Crippen LogP contribution in [0, 0.1) is 17.5 Å². The van der Waals surface area contributed by atoms with Crippen molar-refractivity contribution < 1.29 is 27.8 Å². The monoisotopic (exact) mass is 360 g/mol. The highest BCUT2D eigenvalue weighted by Crippen LogP contribution is 2.25. The third kappa shape index (κ3) is 3.36. The van der Waals surface area contributed by atoms with Gasteiger partial charge >= 0.3 is 5.97 Å². The number of carbonyl (C=O) groups is 1. The lowest BCUT2D eigenvalue weighted by molar-refractivity contribution is 0.0691. The van der Waals surface area contributed by atoms with E-state index in [1.165, 1.54) is 6.07 Å². The van der Waals surface area contributed by atoms with Gasteiger partial charge in [0.25, 0.3) is 0 Å². The van der Waals surface area contributed by atoms with E-state index in [1.54, 1.807) is 0 Å². The Bertz CT molecular complexity index is 704. The van der Waals surface area contributed by atoms with E-state index in [4.69, 9.17) is 9.84 Å². The number of aromatic carboxylic acids is 1. The number of rotatable bonds is 4. The zero-order valence-electron chi connectivity index (χ0n) is 10.4. The van der Waals surface area contributed by atoms with E-state index in [0.717, 1.165) is 24.3 Å². The normalized spacial score (nSPS) is 10.5. The summed E-state index contributed by atoms with van der Waals surface area (Å²) < 4.78 is 45.5. The van der Waals surface area contributed by atoms with Crippen molar-refractivity contribution in [2.45, 2.75) is 6.61 Å². The lowest BCUT2D eigenvalue weighted by atomic mass is 10.2. The number of ether oxygens (including phenoxy) is 1. The van der Waals surface area contributed by atoms with Crippen molar-refractivity contribution in [3.05, 3.63) is 63.4 Å². The molecule has 110 valence electrons. The van der Waals surface area contributed by atoms with Crippen molar-refractivity contribution >= 4 is 21.9 Å². The minimum absolute atomic E-state index is 0.0419. The van der Waals surface area contributed by atoms with E-state index in [2.05, 4.69) is 15.9 Å². The summed E-state index contributed by atoms with van der Waals surface area (Å²) in [5.41, 5.74) is -0.683. The van der Waals surface area contributed by atoms with Crippen molar-refractivity contribution in [2.75, 3.05) is 0 Å². The number of hydrogen-bond acceptors (Lipinski definition) is 2. The van der Waals surface area contributed by atoms with Gasteiger partial charge in [-0.05, 0) is 40.2 Å². The summed E-state index contributed by atoms with van der Waals surface area (Å²) in [6.45, 7) is -0.569. The standard InChI is InChI=1S/C14H8BrF3O3/c15-10-3-4-11(17)9(13(10)18)6-21-12-5-7(16)1-2-8(12)14(19)20/h1-5H,6H2,(H,19,20). The molecule has 2 rings (SSSR count). The summed E-state index contributed by atoms with van der Waals surface area (Å²) in [6, 6.07) is 5.04. The maximum Gasteiger partial charge on any atom is 0.339 e. The molecule has 2 aromatic rings. The molecule has 0 aliphatic rings. The van der Waals surface area contributed by atoms with E-state index in [9.17, 15) is 18.0 Å². The Balaban J connectivity index is 2.31. The number of halogens is 4. The Morgan fingerprint density at radius 2 is 1.90 bits per heavy atom. The zero-order chi connectivity index (χ0) is 15.6. The molecule has 3 nitrogen and oxygen atoms in total. The topological polar surface area (TPSA) is 46.5 Å². The summed E-state index contributed by atoms with van der Waals surface area (Å²) in [7, 11) is 0. The Labute approximate surface area is 126 Å². The fourth-order valence-corrected chi connectivity index (χ4v) is 2.02. The van der Waals surface area contributed by atoms with Gasteiger partial charge in [0, 0.05) is 6.07 Å². The Hall–Kier alpha value is -2.02. The molecule has 0 amide bonds. The fraction of sp³-hybridized carbons (Fsp3) is 0.0714. The summed E-state index contributed by atoms with van der Waals surface area (Å²) in [4.78, 5) is 11.0. The van der Waals surface area contributed by atoms with Crippen molar-refractivity contribution in [1.29, 1.82) is 0 Å². The molecule has 0 aliphatic heterocycles. The molecule has 0 bridgehead atoms. The third-order valence-electron chi connectivity index (χ3n) is 2.68. The van der Waals surface area contributed by atoms with Crippen molar-refractivity contribution in [2.24, 2.45) is 0 Å². The molecular weight excluding hydrogens is 353 g/mol. The summed E-state index contributed by atoms with van der Waals surface area (Å²) in [5, 5.41) is 8.95. The van der Waals surface area contributed by atoms with E-state index >= 15 is 0 Å². The first-order valence-electron chi connectivity index (χ1n) is 5.68. The molecule has 2 aromatic carbocycles. The van der Waals surface area contributed by atoms with Gasteiger partial charge in [0.2, 0.25) is 0 Å². The second-order valence-corrected chi connectivity index (χ2v) is 4.91. The Morgan fingerprint density at radius 3 is 2.57 bits per heavy atom. The van der Waals surface area contributed by atoms with Gasteiger partial charge in [0.15, 0.2) is 0 Å². The number of carboxylic acids is 1. The van der Waals surface area contributed by atoms with Crippen LogP contribution >= 0.6 is 15.9 Å². The molecule has 0 unspecified atom stereocenters. The molecule has 21 heavy (non-hydrogen) atoms. The highest BCUT2D eigenvalue weighted by Gasteiger charge is 2.16. The quantitative estimate of drug-likeness (QED) is 0.833. The van der Waals surface area contributed by atoms with Crippen molar-refractivity contribution in [3.63, 3.8) is 0 Å². The van der Waals surface area contributed by atoms with E-state index in [1.807, 2.05) is 0 Å². The first-order chi connectivity index (χ1) is 9.90. The molecule has 0 atom stereocenters. The van der Waals surface area contributed by atoms with Crippen LogP contribution in [0.4, 0.5) is 13.2 Å². The van der Waals surface area contributed by atoms with Crippen LogP contribution in [-0.4, -0.2) is 11.1 Å². The van der Waals surface area contributed by atoms with E-state index in [0.29, 0.717) is 0 Å². The van der Waals surface area contributed by atoms with Crippen LogP contribution in [0.3, 0.4) is 0 Å². The average Bonchev–Trinajstić information content (AvgIpc) is 2.43.